The van der Waals surface area contributed by atoms with Gasteiger partial charge >= 0.3 is 6.18 Å². The van der Waals surface area contributed by atoms with Crippen LogP contribution in [-0.4, -0.2) is 0 Å². The molecule has 0 heterocycles. The van der Waals surface area contributed by atoms with E-state index in [1.54, 1.807) is 6.92 Å². The molecule has 0 amide bonds. The number of hydrogen-bond donors (Lipinski definition) is 0. The first-order valence-electron chi connectivity index (χ1n) is 5.53. The Hall–Kier alpha value is -0.900. The fourth-order valence-corrected chi connectivity index (χ4v) is 2.58. The fraction of sp³-hybridized carbons (Fsp3) is 0.143. The van der Waals surface area contributed by atoms with Crippen LogP contribution in [0.15, 0.2) is 30.3 Å². The van der Waals surface area contributed by atoms with Gasteiger partial charge in [0.15, 0.2) is 0 Å². The number of halogens is 6. The van der Waals surface area contributed by atoms with E-state index in [1.807, 2.05) is 0 Å². The zero-order chi connectivity index (χ0) is 15.1. The molecule has 0 fully saturated rings. The molecule has 0 saturated heterocycles. The van der Waals surface area contributed by atoms with E-state index in [-0.39, 0.29) is 26.2 Å². The SMILES string of the molecule is Cc1ccc(C(F)(F)F)c(-c2cc(Cl)cc(Cl)c2Cl)c1. The predicted molar refractivity (Wildman–Crippen MR) is 76.6 cm³/mol. The largest absolute Gasteiger partial charge is 0.417 e. The van der Waals surface area contributed by atoms with Crippen molar-refractivity contribution in [3.8, 4) is 11.1 Å². The van der Waals surface area contributed by atoms with E-state index in [2.05, 4.69) is 0 Å². The third-order valence-corrected chi connectivity index (χ3v) is 3.78. The molecule has 0 nitrogen and oxygen atoms in total. The Morgan fingerprint density at radius 2 is 1.55 bits per heavy atom. The Kier molecular flexibility index (Phi) is 4.24. The highest BCUT2D eigenvalue weighted by Crippen LogP contribution is 2.42. The molecule has 6 heteroatoms. The molecule has 0 aliphatic rings. The molecule has 106 valence electrons. The number of hydrogen-bond acceptors (Lipinski definition) is 0. The summed E-state index contributed by atoms with van der Waals surface area (Å²) in [4.78, 5) is 0. The van der Waals surface area contributed by atoms with Crippen LogP contribution in [0.5, 0.6) is 0 Å². The van der Waals surface area contributed by atoms with Crippen molar-refractivity contribution in [3.05, 3.63) is 56.5 Å². The van der Waals surface area contributed by atoms with Gasteiger partial charge in [0.05, 0.1) is 15.6 Å². The quantitative estimate of drug-likeness (QED) is 0.511. The Bertz CT molecular complexity index is 663. The Morgan fingerprint density at radius 1 is 0.900 bits per heavy atom. The normalized spacial score (nSPS) is 11.8. The highest BCUT2D eigenvalue weighted by atomic mass is 35.5. The maximum Gasteiger partial charge on any atom is 0.417 e. The van der Waals surface area contributed by atoms with Crippen molar-refractivity contribution in [2.75, 3.05) is 0 Å². The molecule has 0 saturated carbocycles. The lowest BCUT2D eigenvalue weighted by Crippen LogP contribution is -2.07. The van der Waals surface area contributed by atoms with Crippen molar-refractivity contribution < 1.29 is 13.2 Å². The molecule has 2 aromatic rings. The third-order valence-electron chi connectivity index (χ3n) is 2.76. The first kappa shape index (κ1) is 15.5. The summed E-state index contributed by atoms with van der Waals surface area (Å²) in [5, 5.41) is 0.389. The maximum atomic E-state index is 13.1. The number of rotatable bonds is 1. The van der Waals surface area contributed by atoms with Gasteiger partial charge in [0.25, 0.3) is 0 Å². The molecule has 0 radical (unpaired) electrons. The Morgan fingerprint density at radius 3 is 2.15 bits per heavy atom. The molecule has 0 aliphatic heterocycles. The van der Waals surface area contributed by atoms with Gasteiger partial charge in [0.1, 0.15) is 0 Å². The number of alkyl halides is 3. The number of benzene rings is 2. The van der Waals surface area contributed by atoms with E-state index in [0.29, 0.717) is 5.56 Å². The fourth-order valence-electron chi connectivity index (χ4n) is 1.88. The summed E-state index contributed by atoms with van der Waals surface area (Å²) in [5.74, 6) is 0. The van der Waals surface area contributed by atoms with Crippen LogP contribution >= 0.6 is 34.8 Å². The lowest BCUT2D eigenvalue weighted by atomic mass is 9.97. The lowest BCUT2D eigenvalue weighted by Gasteiger charge is -2.15. The van der Waals surface area contributed by atoms with E-state index < -0.39 is 11.7 Å². The van der Waals surface area contributed by atoms with Gasteiger partial charge in [-0.05, 0) is 30.7 Å². The molecule has 0 bridgehead atoms. The van der Waals surface area contributed by atoms with Gasteiger partial charge in [0.2, 0.25) is 0 Å². The van der Waals surface area contributed by atoms with E-state index in [4.69, 9.17) is 34.8 Å². The first-order valence-corrected chi connectivity index (χ1v) is 6.66. The molecule has 0 aliphatic carbocycles. The smallest absolute Gasteiger partial charge is 0.166 e. The molecule has 0 spiro atoms. The van der Waals surface area contributed by atoms with Crippen molar-refractivity contribution in [2.24, 2.45) is 0 Å². The van der Waals surface area contributed by atoms with Gasteiger partial charge in [-0.2, -0.15) is 13.2 Å². The van der Waals surface area contributed by atoms with Crippen LogP contribution < -0.4 is 0 Å². The van der Waals surface area contributed by atoms with Crippen LogP contribution in [-0.2, 0) is 6.18 Å². The standard InChI is InChI=1S/C14H8Cl3F3/c1-7-2-3-11(14(18,19)20)9(4-7)10-5-8(15)6-12(16)13(10)17/h2-6H,1H3. The first-order chi connectivity index (χ1) is 9.20. The summed E-state index contributed by atoms with van der Waals surface area (Å²) < 4.78 is 39.3. The van der Waals surface area contributed by atoms with Crippen LogP contribution in [0, 0.1) is 6.92 Å². The lowest BCUT2D eigenvalue weighted by molar-refractivity contribution is -0.137. The van der Waals surface area contributed by atoms with Gasteiger partial charge in [0, 0.05) is 10.6 Å². The molecule has 2 rings (SSSR count). The van der Waals surface area contributed by atoms with Crippen LogP contribution in [0.4, 0.5) is 13.2 Å². The van der Waals surface area contributed by atoms with E-state index in [9.17, 15) is 13.2 Å². The summed E-state index contributed by atoms with van der Waals surface area (Å²) in [6.45, 7) is 1.70. The van der Waals surface area contributed by atoms with Crippen molar-refractivity contribution in [2.45, 2.75) is 13.1 Å². The molecular weight excluding hydrogens is 332 g/mol. The topological polar surface area (TPSA) is 0 Å². The van der Waals surface area contributed by atoms with Crippen molar-refractivity contribution >= 4 is 34.8 Å². The van der Waals surface area contributed by atoms with Crippen LogP contribution in [0.1, 0.15) is 11.1 Å². The van der Waals surface area contributed by atoms with Gasteiger partial charge in [-0.3, -0.25) is 0 Å². The van der Waals surface area contributed by atoms with Crippen LogP contribution in [0.25, 0.3) is 11.1 Å². The highest BCUT2D eigenvalue weighted by Gasteiger charge is 2.34. The average Bonchev–Trinajstić information content (AvgIpc) is 2.32. The van der Waals surface area contributed by atoms with Gasteiger partial charge in [-0.1, -0.05) is 52.5 Å². The highest BCUT2D eigenvalue weighted by molar-refractivity contribution is 6.45. The van der Waals surface area contributed by atoms with E-state index in [0.717, 1.165) is 6.07 Å². The van der Waals surface area contributed by atoms with Crippen molar-refractivity contribution in [1.29, 1.82) is 0 Å². The second-order valence-electron chi connectivity index (χ2n) is 4.30. The molecule has 0 unspecified atom stereocenters. The minimum absolute atomic E-state index is 0.0353. The van der Waals surface area contributed by atoms with Gasteiger partial charge in [-0.25, -0.2) is 0 Å². The summed E-state index contributed by atoms with van der Waals surface area (Å²) in [5.41, 5.74) is 0.0376. The van der Waals surface area contributed by atoms with Crippen molar-refractivity contribution in [3.63, 3.8) is 0 Å². The molecule has 0 atom stereocenters. The average molecular weight is 340 g/mol. The molecule has 0 N–H and O–H groups in total. The molecular formula is C14H8Cl3F3. The van der Waals surface area contributed by atoms with E-state index in [1.165, 1.54) is 24.3 Å². The summed E-state index contributed by atoms with van der Waals surface area (Å²) in [7, 11) is 0. The molecule has 0 aromatic heterocycles. The zero-order valence-electron chi connectivity index (χ0n) is 10.2. The van der Waals surface area contributed by atoms with E-state index >= 15 is 0 Å². The Labute approximate surface area is 129 Å². The second kappa shape index (κ2) is 5.47. The monoisotopic (exact) mass is 338 g/mol. The van der Waals surface area contributed by atoms with Crippen LogP contribution in [0.2, 0.25) is 15.1 Å². The second-order valence-corrected chi connectivity index (χ2v) is 5.52. The summed E-state index contributed by atoms with van der Waals surface area (Å²) in [6.07, 6.45) is -4.48. The Balaban J connectivity index is 2.79. The van der Waals surface area contributed by atoms with Gasteiger partial charge in [-0.15, -0.1) is 0 Å². The minimum atomic E-state index is -4.48. The minimum Gasteiger partial charge on any atom is -0.166 e. The van der Waals surface area contributed by atoms with Crippen molar-refractivity contribution in [1.82, 2.24) is 0 Å². The maximum absolute atomic E-state index is 13.1. The summed E-state index contributed by atoms with van der Waals surface area (Å²) in [6, 6.07) is 6.59. The predicted octanol–water partition coefficient (Wildman–Crippen LogP) is 6.64. The summed E-state index contributed by atoms with van der Waals surface area (Å²) >= 11 is 17.7. The van der Waals surface area contributed by atoms with Gasteiger partial charge < -0.3 is 0 Å². The molecule has 20 heavy (non-hydrogen) atoms. The zero-order valence-corrected chi connectivity index (χ0v) is 12.4. The number of aryl methyl sites for hydroxylation is 1. The van der Waals surface area contributed by atoms with Crippen LogP contribution in [0.3, 0.4) is 0 Å². The third kappa shape index (κ3) is 3.05. The molecule has 2 aromatic carbocycles.